The van der Waals surface area contributed by atoms with Crippen LogP contribution < -0.4 is 5.32 Å². The Morgan fingerprint density at radius 3 is 2.22 bits per heavy atom. The Balaban J connectivity index is 0.000000271. The zero-order valence-corrected chi connectivity index (χ0v) is 16.8. The molecule has 0 bridgehead atoms. The number of aliphatic hydroxyl groups is 2. The highest BCUT2D eigenvalue weighted by atomic mass is 16.6. The van der Waals surface area contributed by atoms with E-state index in [1.165, 1.54) is 37.7 Å². The number of hydrogen-bond donors (Lipinski definition) is 3. The van der Waals surface area contributed by atoms with Crippen molar-refractivity contribution in [1.82, 2.24) is 5.32 Å². The largest absolute Gasteiger partial charge is 0.444 e. The molecule has 3 N–H and O–H groups in total. The van der Waals surface area contributed by atoms with Gasteiger partial charge in [0.15, 0.2) is 0 Å². The summed E-state index contributed by atoms with van der Waals surface area (Å²) < 4.78 is 10.8. The number of amides is 1. The first kappa shape index (κ1) is 23.4. The van der Waals surface area contributed by atoms with E-state index >= 15 is 0 Å². The van der Waals surface area contributed by atoms with Crippen LogP contribution in [0.4, 0.5) is 4.79 Å². The van der Waals surface area contributed by atoms with Crippen LogP contribution in [0, 0.1) is 0 Å². The van der Waals surface area contributed by atoms with Gasteiger partial charge in [-0.05, 0) is 39.2 Å². The lowest BCUT2D eigenvalue weighted by atomic mass is 9.98. The van der Waals surface area contributed by atoms with Crippen molar-refractivity contribution in [1.29, 1.82) is 0 Å². The van der Waals surface area contributed by atoms with Crippen LogP contribution in [0.2, 0.25) is 0 Å². The Morgan fingerprint density at radius 1 is 1.11 bits per heavy atom. The monoisotopic (exact) mass is 381 g/mol. The Morgan fingerprint density at radius 2 is 1.70 bits per heavy atom. The van der Waals surface area contributed by atoms with Gasteiger partial charge in [-0.25, -0.2) is 4.79 Å². The van der Waals surface area contributed by atoms with E-state index in [0.717, 1.165) is 6.61 Å². The molecule has 1 amide bonds. The minimum atomic E-state index is -0.658. The second-order valence-corrected chi connectivity index (χ2v) is 7.76. The zero-order chi connectivity index (χ0) is 20.1. The van der Waals surface area contributed by atoms with Gasteiger partial charge >= 0.3 is 6.09 Å². The van der Waals surface area contributed by atoms with E-state index in [4.69, 9.17) is 19.7 Å². The summed E-state index contributed by atoms with van der Waals surface area (Å²) in [6.45, 7) is 5.37. The lowest BCUT2D eigenvalue weighted by Crippen LogP contribution is -2.42. The SMILES string of the molecule is CC(C)(C)OC(=O)NC(CO)CO.c1ccc(COC2CCCCC2)cc1. The fraction of sp³-hybridized carbons (Fsp3) is 0.667. The van der Waals surface area contributed by atoms with Gasteiger partial charge in [-0.3, -0.25) is 0 Å². The summed E-state index contributed by atoms with van der Waals surface area (Å²) in [6.07, 6.45) is 6.48. The first-order chi connectivity index (χ1) is 12.8. The quantitative estimate of drug-likeness (QED) is 0.703. The first-order valence-electron chi connectivity index (χ1n) is 9.71. The van der Waals surface area contributed by atoms with E-state index < -0.39 is 17.7 Å². The average Bonchev–Trinajstić information content (AvgIpc) is 2.65. The van der Waals surface area contributed by atoms with Gasteiger partial charge in [0.2, 0.25) is 0 Å². The van der Waals surface area contributed by atoms with Gasteiger partial charge in [0.05, 0.1) is 32.0 Å². The molecule has 0 aromatic heterocycles. The maximum Gasteiger partial charge on any atom is 0.408 e. The van der Waals surface area contributed by atoms with Crippen LogP contribution in [0.3, 0.4) is 0 Å². The molecule has 0 radical (unpaired) electrons. The highest BCUT2D eigenvalue weighted by Crippen LogP contribution is 2.21. The smallest absolute Gasteiger partial charge is 0.408 e. The van der Waals surface area contributed by atoms with Crippen molar-refractivity contribution in [2.24, 2.45) is 0 Å². The summed E-state index contributed by atoms with van der Waals surface area (Å²) in [7, 11) is 0. The molecule has 1 aliphatic rings. The Hall–Kier alpha value is -1.63. The molecule has 1 fully saturated rings. The molecule has 0 heterocycles. The van der Waals surface area contributed by atoms with Crippen LogP contribution in [-0.2, 0) is 16.1 Å². The number of carbonyl (C=O) groups is 1. The number of ether oxygens (including phenoxy) is 2. The summed E-state index contributed by atoms with van der Waals surface area (Å²) in [4.78, 5) is 11.0. The first-order valence-corrected chi connectivity index (χ1v) is 9.71. The van der Waals surface area contributed by atoms with Crippen LogP contribution in [0.15, 0.2) is 30.3 Å². The predicted octanol–water partition coefficient (Wildman–Crippen LogP) is 3.40. The molecule has 1 aromatic rings. The molecule has 0 unspecified atom stereocenters. The Labute approximate surface area is 162 Å². The van der Waals surface area contributed by atoms with Crippen molar-refractivity contribution in [3.63, 3.8) is 0 Å². The molecule has 0 atom stereocenters. The van der Waals surface area contributed by atoms with E-state index in [1.807, 2.05) is 6.07 Å². The summed E-state index contributed by atoms with van der Waals surface area (Å²) in [6, 6.07) is 9.78. The van der Waals surface area contributed by atoms with Crippen molar-refractivity contribution in [2.45, 2.75) is 77.2 Å². The van der Waals surface area contributed by atoms with Crippen LogP contribution in [0.25, 0.3) is 0 Å². The average molecular weight is 382 g/mol. The number of carbonyl (C=O) groups excluding carboxylic acids is 1. The van der Waals surface area contributed by atoms with Gasteiger partial charge in [-0.1, -0.05) is 49.6 Å². The molecule has 6 nitrogen and oxygen atoms in total. The number of aliphatic hydroxyl groups excluding tert-OH is 2. The van der Waals surface area contributed by atoms with Gasteiger partial charge in [0.1, 0.15) is 5.60 Å². The molecule has 6 heteroatoms. The molecule has 1 aromatic carbocycles. The molecule has 2 rings (SSSR count). The minimum absolute atomic E-state index is 0.310. The minimum Gasteiger partial charge on any atom is -0.444 e. The van der Waals surface area contributed by atoms with Gasteiger partial charge in [-0.15, -0.1) is 0 Å². The van der Waals surface area contributed by atoms with E-state index in [0.29, 0.717) is 6.10 Å². The fourth-order valence-corrected chi connectivity index (χ4v) is 2.64. The molecular formula is C21H35NO5. The third kappa shape index (κ3) is 11.6. The van der Waals surface area contributed by atoms with Gasteiger partial charge in [0.25, 0.3) is 0 Å². The van der Waals surface area contributed by atoms with E-state index in [1.54, 1.807) is 20.8 Å². The third-order valence-electron chi connectivity index (χ3n) is 4.04. The molecule has 0 aliphatic heterocycles. The van der Waals surface area contributed by atoms with Crippen LogP contribution in [0.1, 0.15) is 58.4 Å². The van der Waals surface area contributed by atoms with E-state index in [-0.39, 0.29) is 13.2 Å². The highest BCUT2D eigenvalue weighted by Gasteiger charge is 2.18. The van der Waals surface area contributed by atoms with Crippen molar-refractivity contribution in [3.8, 4) is 0 Å². The second kappa shape index (κ2) is 12.7. The maximum atomic E-state index is 11.0. The molecule has 0 saturated heterocycles. The van der Waals surface area contributed by atoms with E-state index in [2.05, 4.69) is 29.6 Å². The van der Waals surface area contributed by atoms with Gasteiger partial charge in [-0.2, -0.15) is 0 Å². The number of nitrogens with one attached hydrogen (secondary N) is 1. The van der Waals surface area contributed by atoms with Crippen molar-refractivity contribution in [2.75, 3.05) is 13.2 Å². The van der Waals surface area contributed by atoms with Gasteiger partial charge < -0.3 is 25.0 Å². The van der Waals surface area contributed by atoms with Crippen LogP contribution >= 0.6 is 0 Å². The summed E-state index contributed by atoms with van der Waals surface area (Å²) in [5.41, 5.74) is 0.720. The third-order valence-corrected chi connectivity index (χ3v) is 4.04. The standard InChI is InChI=1S/C13H18O.C8H17NO4/c1-3-7-12(8-4-1)11-14-13-9-5-2-6-10-13;1-8(2,3)13-7(12)9-6(4-10)5-11/h1,3-4,7-8,13H,2,5-6,9-11H2;6,10-11H,4-5H2,1-3H3,(H,9,12). The van der Waals surface area contributed by atoms with Crippen molar-refractivity contribution < 1.29 is 24.5 Å². The van der Waals surface area contributed by atoms with Gasteiger partial charge in [0, 0.05) is 0 Å². The molecule has 1 aliphatic carbocycles. The van der Waals surface area contributed by atoms with E-state index in [9.17, 15) is 4.79 Å². The zero-order valence-electron chi connectivity index (χ0n) is 16.8. The maximum absolute atomic E-state index is 11.0. The summed E-state index contributed by atoms with van der Waals surface area (Å²) in [5, 5.41) is 19.6. The fourth-order valence-electron chi connectivity index (χ4n) is 2.64. The lowest BCUT2D eigenvalue weighted by molar-refractivity contribution is 0.0169. The van der Waals surface area contributed by atoms with Crippen LogP contribution in [-0.4, -0.2) is 47.3 Å². The summed E-state index contributed by atoms with van der Waals surface area (Å²) in [5.74, 6) is 0. The topological polar surface area (TPSA) is 88.0 Å². The Bertz CT molecular complexity index is 505. The highest BCUT2D eigenvalue weighted by molar-refractivity contribution is 5.68. The summed E-state index contributed by atoms with van der Waals surface area (Å²) >= 11 is 0. The molecule has 1 saturated carbocycles. The lowest BCUT2D eigenvalue weighted by Gasteiger charge is -2.21. The molecule has 154 valence electrons. The molecule has 27 heavy (non-hydrogen) atoms. The van der Waals surface area contributed by atoms with Crippen LogP contribution in [0.5, 0.6) is 0 Å². The molecular weight excluding hydrogens is 346 g/mol. The number of benzene rings is 1. The van der Waals surface area contributed by atoms with Crippen molar-refractivity contribution >= 4 is 6.09 Å². The number of hydrogen-bond acceptors (Lipinski definition) is 5. The number of alkyl carbamates (subject to hydrolysis) is 1. The predicted molar refractivity (Wildman–Crippen MR) is 105 cm³/mol. The second-order valence-electron chi connectivity index (χ2n) is 7.76. The normalized spacial score (nSPS) is 15.0. The Kier molecular flexibility index (Phi) is 11.0. The van der Waals surface area contributed by atoms with Crippen molar-refractivity contribution in [3.05, 3.63) is 35.9 Å². The molecule has 0 spiro atoms. The number of rotatable bonds is 6.